The molecule has 0 aliphatic carbocycles. The van der Waals surface area contributed by atoms with E-state index < -0.39 is 0 Å². The SMILES string of the molecule is CC(CO)Nc1nc(-c2ccc(Cl)cc2)cc(-c2cccnc2)n1. The van der Waals surface area contributed by atoms with E-state index in [-0.39, 0.29) is 12.6 Å². The largest absolute Gasteiger partial charge is 0.394 e. The van der Waals surface area contributed by atoms with Gasteiger partial charge in [0.1, 0.15) is 0 Å². The number of hydrogen-bond acceptors (Lipinski definition) is 5. The fourth-order valence-electron chi connectivity index (χ4n) is 2.21. The minimum Gasteiger partial charge on any atom is -0.394 e. The van der Waals surface area contributed by atoms with Gasteiger partial charge < -0.3 is 10.4 Å². The zero-order chi connectivity index (χ0) is 16.9. The smallest absolute Gasteiger partial charge is 0.224 e. The first kappa shape index (κ1) is 16.4. The number of benzene rings is 1. The lowest BCUT2D eigenvalue weighted by Crippen LogP contribution is -2.21. The van der Waals surface area contributed by atoms with Crippen LogP contribution < -0.4 is 5.32 Å². The highest BCUT2D eigenvalue weighted by Crippen LogP contribution is 2.26. The number of hydrogen-bond donors (Lipinski definition) is 2. The van der Waals surface area contributed by atoms with E-state index in [9.17, 15) is 5.11 Å². The lowest BCUT2D eigenvalue weighted by Gasteiger charge is -2.13. The fourth-order valence-corrected chi connectivity index (χ4v) is 2.33. The quantitative estimate of drug-likeness (QED) is 0.741. The van der Waals surface area contributed by atoms with E-state index in [1.807, 2.05) is 49.4 Å². The molecule has 0 spiro atoms. The lowest BCUT2D eigenvalue weighted by molar-refractivity contribution is 0.281. The molecular weight excluding hydrogens is 324 g/mol. The molecular formula is C18H17ClN4O. The highest BCUT2D eigenvalue weighted by molar-refractivity contribution is 6.30. The average molecular weight is 341 g/mol. The number of nitrogens with one attached hydrogen (secondary N) is 1. The van der Waals surface area contributed by atoms with Crippen molar-refractivity contribution in [2.75, 3.05) is 11.9 Å². The Labute approximate surface area is 145 Å². The Kier molecular flexibility index (Phi) is 5.03. The topological polar surface area (TPSA) is 70.9 Å². The summed E-state index contributed by atoms with van der Waals surface area (Å²) in [5, 5.41) is 13.0. The van der Waals surface area contributed by atoms with Crippen LogP contribution in [-0.2, 0) is 0 Å². The van der Waals surface area contributed by atoms with E-state index in [2.05, 4.69) is 20.3 Å². The van der Waals surface area contributed by atoms with Gasteiger partial charge in [-0.1, -0.05) is 23.7 Å². The molecule has 1 unspecified atom stereocenters. The second kappa shape index (κ2) is 7.38. The molecule has 1 atom stereocenters. The van der Waals surface area contributed by atoms with Crippen molar-refractivity contribution < 1.29 is 5.11 Å². The zero-order valence-electron chi connectivity index (χ0n) is 13.1. The van der Waals surface area contributed by atoms with Crippen LogP contribution in [0.25, 0.3) is 22.5 Å². The summed E-state index contributed by atoms with van der Waals surface area (Å²) in [6.07, 6.45) is 3.48. The molecule has 24 heavy (non-hydrogen) atoms. The number of nitrogens with zero attached hydrogens (tertiary/aromatic N) is 3. The van der Waals surface area contributed by atoms with Crippen LogP contribution in [-0.4, -0.2) is 32.7 Å². The molecule has 0 saturated carbocycles. The van der Waals surface area contributed by atoms with Gasteiger partial charge in [-0.25, -0.2) is 9.97 Å². The maximum Gasteiger partial charge on any atom is 0.224 e. The molecule has 5 nitrogen and oxygen atoms in total. The molecule has 3 aromatic rings. The molecule has 122 valence electrons. The highest BCUT2D eigenvalue weighted by atomic mass is 35.5. The van der Waals surface area contributed by atoms with Gasteiger partial charge in [0.15, 0.2) is 0 Å². The van der Waals surface area contributed by atoms with E-state index in [4.69, 9.17) is 11.6 Å². The number of rotatable bonds is 5. The van der Waals surface area contributed by atoms with Crippen LogP contribution in [0.3, 0.4) is 0 Å². The van der Waals surface area contributed by atoms with Crippen molar-refractivity contribution in [2.45, 2.75) is 13.0 Å². The van der Waals surface area contributed by atoms with Gasteiger partial charge in [0.2, 0.25) is 5.95 Å². The van der Waals surface area contributed by atoms with Crippen LogP contribution in [0, 0.1) is 0 Å². The summed E-state index contributed by atoms with van der Waals surface area (Å²) >= 11 is 5.96. The molecule has 0 radical (unpaired) electrons. The van der Waals surface area contributed by atoms with Crippen molar-refractivity contribution in [3.05, 3.63) is 59.9 Å². The van der Waals surface area contributed by atoms with Crippen molar-refractivity contribution in [2.24, 2.45) is 0 Å². The molecule has 6 heteroatoms. The van der Waals surface area contributed by atoms with Gasteiger partial charge in [-0.15, -0.1) is 0 Å². The van der Waals surface area contributed by atoms with Crippen molar-refractivity contribution >= 4 is 17.5 Å². The van der Waals surface area contributed by atoms with Gasteiger partial charge >= 0.3 is 0 Å². The van der Waals surface area contributed by atoms with Gasteiger partial charge in [0.25, 0.3) is 0 Å². The number of anilines is 1. The summed E-state index contributed by atoms with van der Waals surface area (Å²) in [7, 11) is 0. The minimum atomic E-state index is -0.146. The highest BCUT2D eigenvalue weighted by Gasteiger charge is 2.10. The molecule has 0 bridgehead atoms. The molecule has 0 aliphatic heterocycles. The Balaban J connectivity index is 2.07. The predicted molar refractivity (Wildman–Crippen MR) is 95.9 cm³/mol. The van der Waals surface area contributed by atoms with Crippen molar-refractivity contribution in [1.82, 2.24) is 15.0 Å². The Morgan fingerprint density at radius 1 is 1.08 bits per heavy atom. The van der Waals surface area contributed by atoms with Crippen molar-refractivity contribution in [3.63, 3.8) is 0 Å². The first-order chi connectivity index (χ1) is 11.7. The number of aliphatic hydroxyl groups is 1. The van der Waals surface area contributed by atoms with Crippen molar-refractivity contribution in [1.29, 1.82) is 0 Å². The molecule has 0 aliphatic rings. The maximum absolute atomic E-state index is 9.26. The van der Waals surface area contributed by atoms with Crippen LogP contribution in [0.1, 0.15) is 6.92 Å². The van der Waals surface area contributed by atoms with Crippen LogP contribution in [0.4, 0.5) is 5.95 Å². The van der Waals surface area contributed by atoms with E-state index >= 15 is 0 Å². The molecule has 2 N–H and O–H groups in total. The number of aliphatic hydroxyl groups excluding tert-OH is 1. The Bertz CT molecular complexity index is 809. The zero-order valence-corrected chi connectivity index (χ0v) is 13.9. The van der Waals surface area contributed by atoms with E-state index in [0.29, 0.717) is 11.0 Å². The fraction of sp³-hybridized carbons (Fsp3) is 0.167. The molecule has 1 aromatic carbocycles. The summed E-state index contributed by atoms with van der Waals surface area (Å²) in [6, 6.07) is 13.1. The van der Waals surface area contributed by atoms with Gasteiger partial charge in [-0.05, 0) is 37.3 Å². The van der Waals surface area contributed by atoms with Gasteiger partial charge in [-0.2, -0.15) is 0 Å². The minimum absolute atomic E-state index is 0.00322. The maximum atomic E-state index is 9.26. The second-order valence-electron chi connectivity index (χ2n) is 5.44. The third-order valence-electron chi connectivity index (χ3n) is 3.47. The standard InChI is InChI=1S/C18H17ClN4O/c1-12(11-24)21-18-22-16(13-4-6-15(19)7-5-13)9-17(23-18)14-3-2-8-20-10-14/h2-10,12,24H,11H2,1H3,(H,21,22,23). The second-order valence-corrected chi connectivity index (χ2v) is 5.88. The van der Waals surface area contributed by atoms with E-state index in [0.717, 1.165) is 22.5 Å². The Morgan fingerprint density at radius 3 is 2.42 bits per heavy atom. The van der Waals surface area contributed by atoms with Crippen molar-refractivity contribution in [3.8, 4) is 22.5 Å². The molecule has 2 aromatic heterocycles. The summed E-state index contributed by atoms with van der Waals surface area (Å²) < 4.78 is 0. The Morgan fingerprint density at radius 2 is 1.79 bits per heavy atom. The summed E-state index contributed by atoms with van der Waals surface area (Å²) in [6.45, 7) is 1.86. The summed E-state index contributed by atoms with van der Waals surface area (Å²) in [5.41, 5.74) is 3.37. The van der Waals surface area contributed by atoms with E-state index in [1.165, 1.54) is 0 Å². The molecule has 0 amide bonds. The molecule has 0 saturated heterocycles. The molecule has 0 fully saturated rings. The van der Waals surface area contributed by atoms with Gasteiger partial charge in [-0.3, -0.25) is 4.98 Å². The summed E-state index contributed by atoms with van der Waals surface area (Å²) in [5.74, 6) is 0.461. The predicted octanol–water partition coefficient (Wildman–Crippen LogP) is 3.65. The number of aromatic nitrogens is 3. The van der Waals surface area contributed by atoms with Gasteiger partial charge in [0, 0.05) is 34.6 Å². The number of pyridine rings is 1. The monoisotopic (exact) mass is 340 g/mol. The van der Waals surface area contributed by atoms with Crippen LogP contribution in [0.15, 0.2) is 54.9 Å². The summed E-state index contributed by atoms with van der Waals surface area (Å²) in [4.78, 5) is 13.2. The third kappa shape index (κ3) is 3.88. The van der Waals surface area contributed by atoms with Gasteiger partial charge in [0.05, 0.1) is 18.0 Å². The van der Waals surface area contributed by atoms with Crippen LogP contribution >= 0.6 is 11.6 Å². The molecule has 3 rings (SSSR count). The Hall–Kier alpha value is -2.50. The van der Waals surface area contributed by atoms with Crippen LogP contribution in [0.5, 0.6) is 0 Å². The number of halogens is 1. The van der Waals surface area contributed by atoms with E-state index in [1.54, 1.807) is 12.4 Å². The molecule has 2 heterocycles. The first-order valence-electron chi connectivity index (χ1n) is 7.58. The first-order valence-corrected chi connectivity index (χ1v) is 7.96. The normalized spacial score (nSPS) is 12.0. The average Bonchev–Trinajstić information content (AvgIpc) is 2.62. The lowest BCUT2D eigenvalue weighted by atomic mass is 10.1. The van der Waals surface area contributed by atoms with Crippen LogP contribution in [0.2, 0.25) is 5.02 Å². The third-order valence-corrected chi connectivity index (χ3v) is 3.72.